The molecule has 0 radical (unpaired) electrons. The molecule has 0 bridgehead atoms. The van der Waals surface area contributed by atoms with E-state index in [1.165, 1.54) is 13.8 Å². The molecule has 4 amide bonds. The molecule has 4 aromatic carbocycles. The third-order valence-electron chi connectivity index (χ3n) is 8.38. The van der Waals surface area contributed by atoms with E-state index in [1.807, 2.05) is 121 Å². The molecule has 5 N–H and O–H groups in total. The van der Waals surface area contributed by atoms with Crippen molar-refractivity contribution >= 4 is 77.4 Å². The van der Waals surface area contributed by atoms with Crippen molar-refractivity contribution in [3.63, 3.8) is 0 Å². The molecule has 20 heteroatoms. The molecule has 64 heavy (non-hydrogen) atoms. The van der Waals surface area contributed by atoms with Gasteiger partial charge in [0, 0.05) is 34.2 Å². The van der Waals surface area contributed by atoms with Crippen molar-refractivity contribution in [2.45, 2.75) is 64.1 Å². The first-order valence-corrected chi connectivity index (χ1v) is 22.8. The molecule has 0 aromatic heterocycles. The molecule has 5 rings (SSSR count). The number of benzene rings is 4. The largest absolute Gasteiger partial charge is 0.480 e. The standard InChI is InChI=1S/C20H21ClN2O4.C20H22N2O5.C4H8O2.Cl2OS/c1-14(18(21)24)22-19(25)17(12-15-8-4-2-5-9-15)23-20(26)27-13-16-10-6-3-7-11-16;1-14(19(24)25)21-18(23)17(12-15-8-4-2-5-9-15)22-20(26)27-13-16-10-6-3-7-11-16;1-2-6-4-3-5-1;1-4(2)3/h2-11,14,17H,12-13H2,1H3,(H,22,25)(H,23,26);2-11,14,17H,12-13H2,1H3,(H,21,23)(H,22,26)(H,24,25);1-4H2;/t2*14-,17-;;/m00../s1. The Morgan fingerprint density at radius 2 is 0.859 bits per heavy atom. The molecular formula is C44H51Cl3N4O12S. The summed E-state index contributed by atoms with van der Waals surface area (Å²) in [4.78, 5) is 71.3. The molecule has 0 spiro atoms. The summed E-state index contributed by atoms with van der Waals surface area (Å²) in [6.07, 6.45) is -1.02. The Hall–Kier alpha value is -5.56. The summed E-state index contributed by atoms with van der Waals surface area (Å²) in [6, 6.07) is 32.9. The molecule has 4 atom stereocenters. The highest BCUT2D eigenvalue weighted by Crippen LogP contribution is 2.08. The van der Waals surface area contributed by atoms with E-state index in [-0.39, 0.29) is 26.1 Å². The van der Waals surface area contributed by atoms with Crippen LogP contribution in [0.1, 0.15) is 36.1 Å². The molecule has 346 valence electrons. The van der Waals surface area contributed by atoms with Gasteiger partial charge in [-0.3, -0.25) is 19.2 Å². The van der Waals surface area contributed by atoms with E-state index in [4.69, 9.17) is 39.9 Å². The lowest BCUT2D eigenvalue weighted by molar-refractivity contribution is -0.141. The van der Waals surface area contributed by atoms with Crippen LogP contribution in [0.25, 0.3) is 0 Å². The van der Waals surface area contributed by atoms with E-state index in [1.54, 1.807) is 0 Å². The topological polar surface area (TPSA) is 225 Å². The van der Waals surface area contributed by atoms with Gasteiger partial charge in [-0.15, -0.1) is 0 Å². The summed E-state index contributed by atoms with van der Waals surface area (Å²) in [7, 11) is 7.36. The van der Waals surface area contributed by atoms with Crippen LogP contribution in [0.3, 0.4) is 0 Å². The predicted octanol–water partition coefficient (Wildman–Crippen LogP) is 5.98. The van der Waals surface area contributed by atoms with Crippen LogP contribution in [0.5, 0.6) is 0 Å². The second-order valence-corrected chi connectivity index (χ2v) is 16.3. The summed E-state index contributed by atoms with van der Waals surface area (Å²) >= 11 is 5.39. The molecule has 16 nitrogen and oxygen atoms in total. The number of carbonyl (C=O) groups excluding carboxylic acids is 5. The minimum atomic E-state index is -1.67. The van der Waals surface area contributed by atoms with Gasteiger partial charge in [-0.25, -0.2) is 13.8 Å². The first-order chi connectivity index (χ1) is 30.6. The highest BCUT2D eigenvalue weighted by atomic mass is 36.0. The molecule has 0 saturated carbocycles. The summed E-state index contributed by atoms with van der Waals surface area (Å²) in [5.41, 5.74) is 3.32. The summed E-state index contributed by atoms with van der Waals surface area (Å²) in [5, 5.41) is 18.2. The number of hydrogen-bond acceptors (Lipinski definition) is 11. The van der Waals surface area contributed by atoms with Crippen molar-refractivity contribution in [2.24, 2.45) is 0 Å². The number of carboxylic acid groups (broad SMARTS) is 1. The van der Waals surface area contributed by atoms with Gasteiger partial charge >= 0.3 is 18.2 Å². The maximum atomic E-state index is 12.5. The van der Waals surface area contributed by atoms with E-state index in [0.29, 0.717) is 0 Å². The number of ether oxygens (including phenoxy) is 4. The molecule has 0 aliphatic carbocycles. The van der Waals surface area contributed by atoms with Crippen molar-refractivity contribution in [1.29, 1.82) is 0 Å². The average Bonchev–Trinajstić information content (AvgIpc) is 3.29. The van der Waals surface area contributed by atoms with Gasteiger partial charge in [-0.1, -0.05) is 121 Å². The third-order valence-corrected chi connectivity index (χ3v) is 8.71. The van der Waals surface area contributed by atoms with E-state index in [0.717, 1.165) is 48.7 Å². The zero-order valence-electron chi connectivity index (χ0n) is 35.0. The van der Waals surface area contributed by atoms with E-state index >= 15 is 0 Å². The Kier molecular flexibility index (Phi) is 27.4. The predicted molar refractivity (Wildman–Crippen MR) is 243 cm³/mol. The second kappa shape index (κ2) is 32.2. The van der Waals surface area contributed by atoms with E-state index in [9.17, 15) is 28.8 Å². The molecule has 0 unspecified atom stereocenters. The minimum absolute atomic E-state index is 0.0673. The maximum absolute atomic E-state index is 12.5. The average molecular weight is 966 g/mol. The first kappa shape index (κ1) is 54.6. The Labute approximate surface area is 388 Å². The van der Waals surface area contributed by atoms with Crippen molar-refractivity contribution in [1.82, 2.24) is 21.3 Å². The smallest absolute Gasteiger partial charge is 0.408 e. The third kappa shape index (κ3) is 25.5. The lowest BCUT2D eigenvalue weighted by atomic mass is 10.1. The normalized spacial score (nSPS) is 13.3. The second-order valence-electron chi connectivity index (χ2n) is 13.4. The van der Waals surface area contributed by atoms with Crippen LogP contribution in [0, 0.1) is 0 Å². The first-order valence-electron chi connectivity index (χ1n) is 19.6. The van der Waals surface area contributed by atoms with Crippen LogP contribution < -0.4 is 21.3 Å². The number of alkyl carbamates (subject to hydrolysis) is 2. The lowest BCUT2D eigenvalue weighted by Gasteiger charge is -2.20. The molecule has 1 saturated heterocycles. The molecule has 1 fully saturated rings. The van der Waals surface area contributed by atoms with Crippen LogP contribution >= 0.6 is 33.0 Å². The Bertz CT molecular complexity index is 1880. The van der Waals surface area contributed by atoms with Crippen molar-refractivity contribution < 1.29 is 57.0 Å². The zero-order chi connectivity index (χ0) is 47.1. The SMILES string of the molecule is C1COCCO1.C[C@H](NC(=O)[C@H](Cc1ccccc1)NC(=O)OCc1ccccc1)C(=O)Cl.C[C@H](NC(=O)[C@H](Cc1ccccc1)NC(=O)OCc1ccccc1)C(=O)O.O=S(Cl)Cl. The molecule has 4 aromatic rings. The van der Waals surface area contributed by atoms with Crippen molar-refractivity contribution in [3.05, 3.63) is 144 Å². The maximum Gasteiger partial charge on any atom is 0.408 e. The zero-order valence-corrected chi connectivity index (χ0v) is 38.1. The fourth-order valence-corrected chi connectivity index (χ4v) is 5.17. The number of amides is 4. The quantitative estimate of drug-likeness (QED) is 0.0818. The van der Waals surface area contributed by atoms with Crippen LogP contribution in [0.15, 0.2) is 121 Å². The number of hydrogen-bond donors (Lipinski definition) is 5. The molecular weight excluding hydrogens is 915 g/mol. The van der Waals surface area contributed by atoms with Gasteiger partial charge in [0.05, 0.1) is 26.4 Å². The van der Waals surface area contributed by atoms with Crippen LogP contribution in [0.4, 0.5) is 9.59 Å². The van der Waals surface area contributed by atoms with Crippen LogP contribution in [-0.4, -0.2) is 95.1 Å². The fourth-order valence-electron chi connectivity index (χ4n) is 5.12. The number of carbonyl (C=O) groups is 6. The number of rotatable bonds is 16. The van der Waals surface area contributed by atoms with Gasteiger partial charge in [-0.2, -0.15) is 0 Å². The van der Waals surface area contributed by atoms with Crippen LogP contribution in [0.2, 0.25) is 0 Å². The van der Waals surface area contributed by atoms with E-state index in [2.05, 4.69) is 42.6 Å². The lowest BCUT2D eigenvalue weighted by Crippen LogP contribution is -2.51. The summed E-state index contributed by atoms with van der Waals surface area (Å²) in [6.45, 7) is 6.09. The highest BCUT2D eigenvalue weighted by Gasteiger charge is 2.26. The van der Waals surface area contributed by atoms with Gasteiger partial charge in [0.15, 0.2) is 0 Å². The molecule has 1 heterocycles. The Morgan fingerprint density at radius 3 is 1.14 bits per heavy atom. The van der Waals surface area contributed by atoms with Crippen molar-refractivity contribution in [3.8, 4) is 0 Å². The molecule has 1 aliphatic heterocycles. The van der Waals surface area contributed by atoms with Gasteiger partial charge < -0.3 is 45.3 Å². The number of carboxylic acids is 1. The minimum Gasteiger partial charge on any atom is -0.480 e. The van der Waals surface area contributed by atoms with Gasteiger partial charge in [0.1, 0.15) is 37.4 Å². The van der Waals surface area contributed by atoms with Crippen LogP contribution in [-0.2, 0) is 73.4 Å². The Balaban J connectivity index is 0.000000361. The number of aliphatic carboxylic acids is 1. The van der Waals surface area contributed by atoms with Gasteiger partial charge in [-0.05, 0) is 47.7 Å². The fraction of sp³-hybridized carbons (Fsp3) is 0.318. The van der Waals surface area contributed by atoms with E-state index < -0.39 is 68.6 Å². The number of nitrogens with one attached hydrogen (secondary N) is 4. The van der Waals surface area contributed by atoms with Gasteiger partial charge in [0.25, 0.3) is 0 Å². The summed E-state index contributed by atoms with van der Waals surface area (Å²) in [5.74, 6) is -2.27. The highest BCUT2D eigenvalue weighted by molar-refractivity contribution is 8.26. The van der Waals surface area contributed by atoms with Crippen molar-refractivity contribution in [2.75, 3.05) is 26.4 Å². The van der Waals surface area contributed by atoms with Gasteiger partial charge in [0.2, 0.25) is 26.3 Å². The molecule has 1 aliphatic rings. The monoisotopic (exact) mass is 964 g/mol. The summed E-state index contributed by atoms with van der Waals surface area (Å²) < 4.78 is 29.3. The number of halogens is 3. The Morgan fingerprint density at radius 1 is 0.562 bits per heavy atom.